The number of likely N-dealkylation sites (tertiary alicyclic amines) is 1. The van der Waals surface area contributed by atoms with E-state index in [1.165, 1.54) is 12.0 Å². The number of fused-ring (bicyclic) bond motifs is 1. The van der Waals surface area contributed by atoms with E-state index >= 15 is 0 Å². The first-order chi connectivity index (χ1) is 9.71. The molecule has 2 aliphatic rings. The lowest BCUT2D eigenvalue weighted by molar-refractivity contribution is -0.147. The smallest absolute Gasteiger partial charge is 0.322 e. The molecule has 2 fully saturated rings. The van der Waals surface area contributed by atoms with Crippen molar-refractivity contribution in [1.82, 2.24) is 10.2 Å². The highest BCUT2D eigenvalue weighted by atomic mass is 16.5. The van der Waals surface area contributed by atoms with E-state index < -0.39 is 6.04 Å². The third-order valence-corrected chi connectivity index (χ3v) is 4.55. The molecule has 2 rings (SSSR count). The summed E-state index contributed by atoms with van der Waals surface area (Å²) >= 11 is 0. The summed E-state index contributed by atoms with van der Waals surface area (Å²) in [5, 5.41) is 3.10. The van der Waals surface area contributed by atoms with Crippen molar-refractivity contribution in [1.29, 1.82) is 0 Å². The van der Waals surface area contributed by atoms with Crippen molar-refractivity contribution in [3.8, 4) is 0 Å². The van der Waals surface area contributed by atoms with Crippen molar-refractivity contribution in [2.75, 3.05) is 13.7 Å². The summed E-state index contributed by atoms with van der Waals surface area (Å²) in [5.41, 5.74) is -0.192. The fraction of sp³-hybridized carbons (Fsp3) is 0.800. The number of hydrogen-bond donors (Lipinski definition) is 1. The molecule has 6 heteroatoms. The largest absolute Gasteiger partial charge is 0.468 e. The number of piperidine rings is 1. The molecule has 118 valence electrons. The predicted octanol–water partition coefficient (Wildman–Crippen LogP) is 0.557. The average molecular weight is 296 g/mol. The van der Waals surface area contributed by atoms with E-state index in [9.17, 15) is 14.4 Å². The van der Waals surface area contributed by atoms with Crippen LogP contribution in [-0.4, -0.2) is 48.4 Å². The number of nitrogens with zero attached hydrogens (tertiary/aromatic N) is 1. The van der Waals surface area contributed by atoms with Gasteiger partial charge in [0.25, 0.3) is 0 Å². The molecule has 0 radical (unpaired) electrons. The quantitative estimate of drug-likeness (QED) is 0.572. The first kappa shape index (κ1) is 15.9. The maximum Gasteiger partial charge on any atom is 0.322 e. The van der Waals surface area contributed by atoms with Crippen molar-refractivity contribution in [3.63, 3.8) is 0 Å². The lowest BCUT2D eigenvalue weighted by Crippen LogP contribution is -2.45. The molecule has 0 aromatic rings. The van der Waals surface area contributed by atoms with Gasteiger partial charge in [-0.15, -0.1) is 0 Å². The Balaban J connectivity index is 1.95. The molecular formula is C15H24N2O4. The summed E-state index contributed by atoms with van der Waals surface area (Å²) in [7, 11) is 1.33. The molecule has 1 N–H and O–H groups in total. The van der Waals surface area contributed by atoms with E-state index in [0.29, 0.717) is 6.42 Å². The predicted molar refractivity (Wildman–Crippen MR) is 76.2 cm³/mol. The molecule has 21 heavy (non-hydrogen) atoms. The van der Waals surface area contributed by atoms with Crippen molar-refractivity contribution in [3.05, 3.63) is 0 Å². The van der Waals surface area contributed by atoms with Crippen LogP contribution in [0.3, 0.4) is 0 Å². The number of imide groups is 1. The number of hydrogen-bond acceptors (Lipinski definition) is 5. The van der Waals surface area contributed by atoms with Gasteiger partial charge in [-0.2, -0.15) is 0 Å². The molecule has 3 atom stereocenters. The molecule has 3 unspecified atom stereocenters. The molecule has 1 aliphatic carbocycles. The van der Waals surface area contributed by atoms with Crippen molar-refractivity contribution in [2.45, 2.75) is 46.2 Å². The Labute approximate surface area is 125 Å². The van der Waals surface area contributed by atoms with Crippen LogP contribution in [0, 0.1) is 17.3 Å². The third kappa shape index (κ3) is 2.69. The number of methoxy groups -OCH3 is 1. The number of amides is 2. The monoisotopic (exact) mass is 296 g/mol. The van der Waals surface area contributed by atoms with Crippen LogP contribution in [0.4, 0.5) is 0 Å². The number of esters is 1. The van der Waals surface area contributed by atoms with Gasteiger partial charge in [-0.25, -0.2) is 0 Å². The van der Waals surface area contributed by atoms with Crippen molar-refractivity contribution < 1.29 is 19.1 Å². The van der Waals surface area contributed by atoms with Crippen LogP contribution in [-0.2, 0) is 19.1 Å². The Morgan fingerprint density at radius 1 is 1.29 bits per heavy atom. The van der Waals surface area contributed by atoms with Gasteiger partial charge in [0, 0.05) is 12.6 Å². The lowest BCUT2D eigenvalue weighted by atomic mass is 10.1. The molecule has 6 nitrogen and oxygen atoms in total. The minimum absolute atomic E-state index is 0.0943. The maximum atomic E-state index is 12.2. The second kappa shape index (κ2) is 5.40. The highest BCUT2D eigenvalue weighted by Gasteiger charge is 2.72. The number of nitrogens with one attached hydrogen (secondary N) is 1. The Hall–Kier alpha value is -1.43. The Bertz CT molecular complexity index is 448. The van der Waals surface area contributed by atoms with Gasteiger partial charge in [-0.3, -0.25) is 19.3 Å². The van der Waals surface area contributed by atoms with Gasteiger partial charge in [-0.1, -0.05) is 27.7 Å². The first-order valence-electron chi connectivity index (χ1n) is 7.41. The molecule has 1 heterocycles. The zero-order valence-electron chi connectivity index (χ0n) is 13.3. The van der Waals surface area contributed by atoms with Gasteiger partial charge in [0.15, 0.2) is 0 Å². The highest BCUT2D eigenvalue weighted by molar-refractivity contribution is 6.10. The fourth-order valence-corrected chi connectivity index (χ4v) is 3.30. The van der Waals surface area contributed by atoms with Crippen molar-refractivity contribution in [2.24, 2.45) is 17.3 Å². The van der Waals surface area contributed by atoms with E-state index in [4.69, 9.17) is 4.74 Å². The molecular weight excluding hydrogens is 272 g/mol. The Morgan fingerprint density at radius 2 is 1.81 bits per heavy atom. The molecule has 0 aromatic carbocycles. The van der Waals surface area contributed by atoms with E-state index in [1.54, 1.807) is 0 Å². The number of ether oxygens (including phenoxy) is 1. The van der Waals surface area contributed by atoms with Gasteiger partial charge in [0.05, 0.1) is 18.9 Å². The van der Waals surface area contributed by atoms with Gasteiger partial charge in [0.1, 0.15) is 6.04 Å². The summed E-state index contributed by atoms with van der Waals surface area (Å²) in [5.74, 6) is -0.890. The molecule has 1 aliphatic heterocycles. The highest BCUT2D eigenvalue weighted by Crippen LogP contribution is 2.63. The lowest BCUT2D eigenvalue weighted by Gasteiger charge is -2.24. The van der Waals surface area contributed by atoms with Gasteiger partial charge >= 0.3 is 5.97 Å². The SMILES string of the molecule is COC(=O)C(CCN1C(=O)C2C(C1=O)C2(C)C)NC(C)C. The molecule has 1 saturated heterocycles. The average Bonchev–Trinajstić information content (AvgIpc) is 2.86. The zero-order valence-corrected chi connectivity index (χ0v) is 13.3. The van der Waals surface area contributed by atoms with Crippen molar-refractivity contribution >= 4 is 17.8 Å². The first-order valence-corrected chi connectivity index (χ1v) is 7.41. The van der Waals surface area contributed by atoms with Crippen LogP contribution < -0.4 is 5.32 Å². The van der Waals surface area contributed by atoms with E-state index in [1.807, 2.05) is 27.7 Å². The van der Waals surface area contributed by atoms with Gasteiger partial charge < -0.3 is 10.1 Å². The summed E-state index contributed by atoms with van der Waals surface area (Å²) in [6.45, 7) is 8.03. The third-order valence-electron chi connectivity index (χ3n) is 4.55. The van der Waals surface area contributed by atoms with Crippen LogP contribution in [0.2, 0.25) is 0 Å². The standard InChI is InChI=1S/C15H24N2O4/c1-8(2)16-9(14(20)21-5)6-7-17-12(18)10-11(13(17)19)15(10,3)4/h8-11,16H,6-7H2,1-5H3. The van der Waals surface area contributed by atoms with Crippen LogP contribution in [0.25, 0.3) is 0 Å². The molecule has 0 bridgehead atoms. The van der Waals surface area contributed by atoms with Crippen LogP contribution >= 0.6 is 0 Å². The zero-order chi connectivity index (χ0) is 15.9. The summed E-state index contributed by atoms with van der Waals surface area (Å²) in [6.07, 6.45) is 0.377. The van der Waals surface area contributed by atoms with Crippen LogP contribution in [0.15, 0.2) is 0 Å². The van der Waals surface area contributed by atoms with Gasteiger partial charge in [-0.05, 0) is 11.8 Å². The normalized spacial score (nSPS) is 27.8. The molecule has 1 saturated carbocycles. The molecule has 2 amide bonds. The summed E-state index contributed by atoms with van der Waals surface area (Å²) < 4.78 is 4.76. The summed E-state index contributed by atoms with van der Waals surface area (Å²) in [4.78, 5) is 37.5. The maximum absolute atomic E-state index is 12.2. The second-order valence-corrected chi connectivity index (χ2v) is 6.79. The number of carbonyl (C=O) groups is 3. The van der Waals surface area contributed by atoms with E-state index in [2.05, 4.69) is 5.32 Å². The topological polar surface area (TPSA) is 75.7 Å². The van der Waals surface area contributed by atoms with Crippen LogP contribution in [0.5, 0.6) is 0 Å². The fourth-order valence-electron chi connectivity index (χ4n) is 3.30. The van der Waals surface area contributed by atoms with E-state index in [-0.39, 0.29) is 47.6 Å². The van der Waals surface area contributed by atoms with Gasteiger partial charge in [0.2, 0.25) is 11.8 Å². The molecule has 0 aromatic heterocycles. The second-order valence-electron chi connectivity index (χ2n) is 6.79. The molecule has 0 spiro atoms. The van der Waals surface area contributed by atoms with E-state index in [0.717, 1.165) is 0 Å². The minimum atomic E-state index is -0.500. The summed E-state index contributed by atoms with van der Waals surface area (Å²) in [6, 6.07) is -0.382. The minimum Gasteiger partial charge on any atom is -0.468 e. The Morgan fingerprint density at radius 3 is 2.24 bits per heavy atom. The van der Waals surface area contributed by atoms with Crippen LogP contribution in [0.1, 0.15) is 34.1 Å². The number of carbonyl (C=O) groups excluding carboxylic acids is 3. The number of rotatable bonds is 6. The Kier molecular flexibility index (Phi) is 4.10.